The Kier molecular flexibility index (Phi) is 3.97. The van der Waals surface area contributed by atoms with Gasteiger partial charge in [0.1, 0.15) is 11.6 Å². The minimum atomic E-state index is -0.137. The Hall–Kier alpha value is -1.13. The van der Waals surface area contributed by atoms with Crippen LogP contribution in [0.25, 0.3) is 0 Å². The molecule has 0 radical (unpaired) electrons. The number of rotatable bonds is 3. The van der Waals surface area contributed by atoms with E-state index in [0.717, 1.165) is 37.5 Å². The Morgan fingerprint density at radius 1 is 1.35 bits per heavy atom. The molecule has 0 bridgehead atoms. The van der Waals surface area contributed by atoms with Gasteiger partial charge < -0.3 is 10.1 Å². The van der Waals surface area contributed by atoms with Crippen molar-refractivity contribution in [3.05, 3.63) is 29.1 Å². The summed E-state index contributed by atoms with van der Waals surface area (Å²) in [6, 6.07) is 3.36. The molecule has 17 heavy (non-hydrogen) atoms. The number of aryl methyl sites for hydroxylation is 1. The van der Waals surface area contributed by atoms with E-state index in [1.165, 1.54) is 0 Å². The summed E-state index contributed by atoms with van der Waals surface area (Å²) >= 11 is 0. The fraction of sp³-hybridized carbons (Fsp3) is 0.538. The minimum Gasteiger partial charge on any atom is -0.496 e. The van der Waals surface area contributed by atoms with Crippen molar-refractivity contribution in [2.45, 2.75) is 13.5 Å². The van der Waals surface area contributed by atoms with E-state index < -0.39 is 0 Å². The van der Waals surface area contributed by atoms with Crippen LogP contribution in [0.15, 0.2) is 12.1 Å². The maximum absolute atomic E-state index is 13.8. The molecule has 1 heterocycles. The van der Waals surface area contributed by atoms with Gasteiger partial charge >= 0.3 is 0 Å². The number of nitrogens with one attached hydrogen (secondary N) is 1. The predicted octanol–water partition coefficient (Wildman–Crippen LogP) is 1.55. The van der Waals surface area contributed by atoms with Gasteiger partial charge in [0.15, 0.2) is 0 Å². The second-order valence-corrected chi connectivity index (χ2v) is 4.44. The van der Waals surface area contributed by atoms with E-state index >= 15 is 0 Å². The first-order valence-electron chi connectivity index (χ1n) is 5.97. The first kappa shape index (κ1) is 12.3. The van der Waals surface area contributed by atoms with Crippen molar-refractivity contribution in [2.75, 3.05) is 33.3 Å². The lowest BCUT2D eigenvalue weighted by atomic mass is 10.1. The van der Waals surface area contributed by atoms with E-state index in [0.29, 0.717) is 12.1 Å². The van der Waals surface area contributed by atoms with Crippen LogP contribution in [0.2, 0.25) is 0 Å². The Morgan fingerprint density at radius 3 is 2.71 bits per heavy atom. The third-order valence-electron chi connectivity index (χ3n) is 3.17. The molecule has 1 N–H and O–H groups in total. The minimum absolute atomic E-state index is 0.137. The van der Waals surface area contributed by atoms with Crippen LogP contribution in [-0.4, -0.2) is 38.2 Å². The SMILES string of the molecule is COc1cc(CN2CCNCC2)c(F)cc1C. The van der Waals surface area contributed by atoms with E-state index in [9.17, 15) is 4.39 Å². The van der Waals surface area contributed by atoms with E-state index in [1.807, 2.05) is 13.0 Å². The average molecular weight is 238 g/mol. The van der Waals surface area contributed by atoms with Crippen molar-refractivity contribution in [2.24, 2.45) is 0 Å². The van der Waals surface area contributed by atoms with Crippen LogP contribution in [0.3, 0.4) is 0 Å². The molecule has 4 heteroatoms. The van der Waals surface area contributed by atoms with Crippen molar-refractivity contribution in [3.63, 3.8) is 0 Å². The van der Waals surface area contributed by atoms with Gasteiger partial charge in [-0.25, -0.2) is 4.39 Å². The van der Waals surface area contributed by atoms with Gasteiger partial charge in [0.05, 0.1) is 7.11 Å². The number of hydrogen-bond donors (Lipinski definition) is 1. The van der Waals surface area contributed by atoms with Crippen molar-refractivity contribution >= 4 is 0 Å². The van der Waals surface area contributed by atoms with Crippen molar-refractivity contribution in [1.29, 1.82) is 0 Å². The smallest absolute Gasteiger partial charge is 0.128 e. The summed E-state index contributed by atoms with van der Waals surface area (Å²) < 4.78 is 19.1. The zero-order chi connectivity index (χ0) is 12.3. The maximum atomic E-state index is 13.8. The quantitative estimate of drug-likeness (QED) is 0.864. The van der Waals surface area contributed by atoms with Crippen LogP contribution < -0.4 is 10.1 Å². The summed E-state index contributed by atoms with van der Waals surface area (Å²) in [4.78, 5) is 2.25. The molecule has 0 amide bonds. The molecule has 0 aromatic heterocycles. The van der Waals surface area contributed by atoms with Crippen LogP contribution in [0.4, 0.5) is 4.39 Å². The number of ether oxygens (including phenoxy) is 1. The first-order valence-corrected chi connectivity index (χ1v) is 5.97. The standard InChI is InChI=1S/C13H19FN2O/c1-10-7-12(14)11(8-13(10)17-2)9-16-5-3-15-4-6-16/h7-8,15H,3-6,9H2,1-2H3. The van der Waals surface area contributed by atoms with E-state index in [4.69, 9.17) is 4.74 Å². The summed E-state index contributed by atoms with van der Waals surface area (Å²) in [5.74, 6) is 0.623. The molecule has 94 valence electrons. The van der Waals surface area contributed by atoms with Crippen molar-refractivity contribution < 1.29 is 9.13 Å². The topological polar surface area (TPSA) is 24.5 Å². The van der Waals surface area contributed by atoms with Gasteiger partial charge in [-0.2, -0.15) is 0 Å². The number of methoxy groups -OCH3 is 1. The molecular formula is C13H19FN2O. The molecule has 1 aromatic rings. The number of hydrogen-bond acceptors (Lipinski definition) is 3. The maximum Gasteiger partial charge on any atom is 0.128 e. The van der Waals surface area contributed by atoms with E-state index in [2.05, 4.69) is 10.2 Å². The fourth-order valence-corrected chi connectivity index (χ4v) is 2.15. The van der Waals surface area contributed by atoms with Gasteiger partial charge in [-0.15, -0.1) is 0 Å². The van der Waals surface area contributed by atoms with Gasteiger partial charge in [-0.1, -0.05) is 0 Å². The molecule has 1 aliphatic heterocycles. The monoisotopic (exact) mass is 238 g/mol. The highest BCUT2D eigenvalue weighted by Gasteiger charge is 2.14. The number of halogens is 1. The largest absolute Gasteiger partial charge is 0.496 e. The Bertz CT molecular complexity index is 389. The molecule has 0 atom stereocenters. The van der Waals surface area contributed by atoms with Gasteiger partial charge in [-0.05, 0) is 24.6 Å². The Morgan fingerprint density at radius 2 is 2.06 bits per heavy atom. The molecular weight excluding hydrogens is 219 g/mol. The second kappa shape index (κ2) is 5.47. The highest BCUT2D eigenvalue weighted by atomic mass is 19.1. The molecule has 1 aromatic carbocycles. The third-order valence-corrected chi connectivity index (χ3v) is 3.17. The van der Waals surface area contributed by atoms with Crippen LogP contribution in [0.1, 0.15) is 11.1 Å². The lowest BCUT2D eigenvalue weighted by Gasteiger charge is -2.27. The molecule has 1 fully saturated rings. The molecule has 0 aliphatic carbocycles. The summed E-state index contributed by atoms with van der Waals surface area (Å²) in [5.41, 5.74) is 1.56. The van der Waals surface area contributed by atoms with Gasteiger partial charge in [0.2, 0.25) is 0 Å². The lowest BCUT2D eigenvalue weighted by molar-refractivity contribution is 0.230. The van der Waals surface area contributed by atoms with Gasteiger partial charge in [0.25, 0.3) is 0 Å². The molecule has 3 nitrogen and oxygen atoms in total. The summed E-state index contributed by atoms with van der Waals surface area (Å²) in [6.45, 7) is 6.40. The molecule has 1 saturated heterocycles. The highest BCUT2D eigenvalue weighted by Crippen LogP contribution is 2.23. The average Bonchev–Trinajstić information content (AvgIpc) is 2.34. The Balaban J connectivity index is 2.13. The van der Waals surface area contributed by atoms with Crippen LogP contribution in [0.5, 0.6) is 5.75 Å². The molecule has 1 aliphatic rings. The normalized spacial score (nSPS) is 17.1. The lowest BCUT2D eigenvalue weighted by Crippen LogP contribution is -2.43. The van der Waals surface area contributed by atoms with Crippen molar-refractivity contribution in [1.82, 2.24) is 10.2 Å². The molecule has 0 saturated carbocycles. The first-order chi connectivity index (χ1) is 8.20. The second-order valence-electron chi connectivity index (χ2n) is 4.44. The summed E-state index contributed by atoms with van der Waals surface area (Å²) in [5, 5.41) is 3.29. The zero-order valence-corrected chi connectivity index (χ0v) is 10.4. The number of piperazine rings is 1. The van der Waals surface area contributed by atoms with E-state index in [1.54, 1.807) is 13.2 Å². The van der Waals surface area contributed by atoms with Crippen LogP contribution >= 0.6 is 0 Å². The van der Waals surface area contributed by atoms with Crippen molar-refractivity contribution in [3.8, 4) is 5.75 Å². The predicted molar refractivity (Wildman–Crippen MR) is 65.8 cm³/mol. The molecule has 0 spiro atoms. The number of benzene rings is 1. The molecule has 2 rings (SSSR count). The van der Waals surface area contributed by atoms with Crippen LogP contribution in [0, 0.1) is 12.7 Å². The highest BCUT2D eigenvalue weighted by molar-refractivity contribution is 5.37. The van der Waals surface area contributed by atoms with Crippen LogP contribution in [-0.2, 0) is 6.54 Å². The zero-order valence-electron chi connectivity index (χ0n) is 10.4. The molecule has 0 unspecified atom stereocenters. The summed E-state index contributed by atoms with van der Waals surface area (Å²) in [6.07, 6.45) is 0. The van der Waals surface area contributed by atoms with E-state index in [-0.39, 0.29) is 5.82 Å². The van der Waals surface area contributed by atoms with Gasteiger partial charge in [-0.3, -0.25) is 4.90 Å². The summed E-state index contributed by atoms with van der Waals surface area (Å²) in [7, 11) is 1.62. The third kappa shape index (κ3) is 2.96. The Labute approximate surface area is 102 Å². The fourth-order valence-electron chi connectivity index (χ4n) is 2.15. The van der Waals surface area contributed by atoms with Gasteiger partial charge in [0, 0.05) is 38.3 Å². The number of nitrogens with zero attached hydrogens (tertiary/aromatic N) is 1.